The highest BCUT2D eigenvalue weighted by molar-refractivity contribution is 8.00. The summed E-state index contributed by atoms with van der Waals surface area (Å²) in [6.07, 6.45) is 1.86. The minimum absolute atomic E-state index is 0.0270. The van der Waals surface area contributed by atoms with Crippen molar-refractivity contribution in [2.24, 2.45) is 0 Å². The van der Waals surface area contributed by atoms with Crippen LogP contribution in [0.4, 0.5) is 0 Å². The Kier molecular flexibility index (Phi) is 7.18. The molecule has 3 atom stereocenters. The van der Waals surface area contributed by atoms with Crippen LogP contribution in [0.3, 0.4) is 0 Å². The van der Waals surface area contributed by atoms with Gasteiger partial charge in [-0.1, -0.05) is 53.7 Å². The van der Waals surface area contributed by atoms with Crippen molar-refractivity contribution in [3.05, 3.63) is 69.5 Å². The number of ether oxygens (including phenoxy) is 1. The second-order valence-electron chi connectivity index (χ2n) is 8.01. The molecule has 0 bridgehead atoms. The zero-order chi connectivity index (χ0) is 22.7. The fourth-order valence-electron chi connectivity index (χ4n) is 3.78. The first-order valence-electron chi connectivity index (χ1n) is 10.8. The molecule has 1 aliphatic rings. The predicted molar refractivity (Wildman–Crippen MR) is 128 cm³/mol. The summed E-state index contributed by atoms with van der Waals surface area (Å²) in [5.41, 5.74) is 1.42. The van der Waals surface area contributed by atoms with Gasteiger partial charge in [0, 0.05) is 11.6 Å². The van der Waals surface area contributed by atoms with Crippen LogP contribution in [0.2, 0.25) is 5.02 Å². The Morgan fingerprint density at radius 2 is 2.06 bits per heavy atom. The maximum Gasteiger partial charge on any atom is 0.262 e. The monoisotopic (exact) mass is 471 g/mol. The predicted octanol–water partition coefficient (Wildman–Crippen LogP) is 4.59. The number of hydrogen-bond donors (Lipinski definition) is 1. The van der Waals surface area contributed by atoms with Crippen molar-refractivity contribution < 1.29 is 9.53 Å². The summed E-state index contributed by atoms with van der Waals surface area (Å²) in [6.45, 7) is 4.90. The van der Waals surface area contributed by atoms with E-state index in [0.29, 0.717) is 34.2 Å². The summed E-state index contributed by atoms with van der Waals surface area (Å²) in [4.78, 5) is 30.9. The standard InChI is InChI=1S/C24H26ClN3O3S/c1-15(17-7-4-3-5-8-17)26-22(29)16(2)32-24-27-21-13-18(25)10-11-20(21)23(30)28(24)14-19-9-6-12-31-19/h3-5,7-8,10-11,13,15-16,19H,6,9,12,14H2,1-2H3,(H,26,29)/t15-,16+,19-/m1/s1. The van der Waals surface area contributed by atoms with Gasteiger partial charge in [0.25, 0.3) is 5.56 Å². The Hall–Kier alpha value is -2.35. The number of hydrogen-bond acceptors (Lipinski definition) is 5. The minimum Gasteiger partial charge on any atom is -0.376 e. The van der Waals surface area contributed by atoms with Gasteiger partial charge < -0.3 is 10.1 Å². The Morgan fingerprint density at radius 1 is 1.28 bits per heavy atom. The fraction of sp³-hybridized carbons (Fsp3) is 0.375. The van der Waals surface area contributed by atoms with Crippen LogP contribution in [-0.4, -0.2) is 33.4 Å². The van der Waals surface area contributed by atoms with Crippen LogP contribution < -0.4 is 10.9 Å². The van der Waals surface area contributed by atoms with Crippen molar-refractivity contribution in [2.45, 2.75) is 55.8 Å². The van der Waals surface area contributed by atoms with E-state index in [9.17, 15) is 9.59 Å². The summed E-state index contributed by atoms with van der Waals surface area (Å²) in [7, 11) is 0. The Labute approximate surface area is 196 Å². The van der Waals surface area contributed by atoms with E-state index in [1.54, 1.807) is 22.8 Å². The zero-order valence-corrected chi connectivity index (χ0v) is 19.7. The van der Waals surface area contributed by atoms with Crippen LogP contribution in [0.25, 0.3) is 10.9 Å². The lowest BCUT2D eigenvalue weighted by molar-refractivity contribution is -0.120. The average molecular weight is 472 g/mol. The molecule has 2 heterocycles. The van der Waals surface area contributed by atoms with Gasteiger partial charge in [-0.15, -0.1) is 0 Å². The van der Waals surface area contributed by atoms with Crippen molar-refractivity contribution in [3.8, 4) is 0 Å². The van der Waals surface area contributed by atoms with Crippen molar-refractivity contribution in [1.29, 1.82) is 0 Å². The van der Waals surface area contributed by atoms with Gasteiger partial charge in [-0.05, 0) is 50.5 Å². The van der Waals surface area contributed by atoms with Gasteiger partial charge in [0.1, 0.15) is 0 Å². The molecule has 0 spiro atoms. The van der Waals surface area contributed by atoms with E-state index in [2.05, 4.69) is 5.32 Å². The van der Waals surface area contributed by atoms with E-state index in [0.717, 1.165) is 18.4 Å². The van der Waals surface area contributed by atoms with Crippen molar-refractivity contribution in [1.82, 2.24) is 14.9 Å². The highest BCUT2D eigenvalue weighted by Crippen LogP contribution is 2.26. The summed E-state index contributed by atoms with van der Waals surface area (Å²) in [5.74, 6) is -0.115. The molecular weight excluding hydrogens is 446 g/mol. The Balaban J connectivity index is 1.59. The number of rotatable bonds is 7. The smallest absolute Gasteiger partial charge is 0.262 e. The van der Waals surface area contributed by atoms with Crippen LogP contribution in [0.5, 0.6) is 0 Å². The number of thioether (sulfide) groups is 1. The lowest BCUT2D eigenvalue weighted by Crippen LogP contribution is -2.34. The van der Waals surface area contributed by atoms with Gasteiger partial charge in [0.15, 0.2) is 5.16 Å². The SMILES string of the molecule is C[C@H](Sc1nc2cc(Cl)ccc2c(=O)n1C[C@H]1CCCO1)C(=O)N[C@H](C)c1ccccc1. The van der Waals surface area contributed by atoms with Gasteiger partial charge in [0.2, 0.25) is 5.91 Å². The van der Waals surface area contributed by atoms with E-state index in [1.807, 2.05) is 44.2 Å². The van der Waals surface area contributed by atoms with Gasteiger partial charge >= 0.3 is 0 Å². The van der Waals surface area contributed by atoms with E-state index < -0.39 is 5.25 Å². The number of halogens is 1. The average Bonchev–Trinajstić information content (AvgIpc) is 3.30. The molecule has 2 aromatic carbocycles. The number of aromatic nitrogens is 2. The molecule has 1 saturated heterocycles. The van der Waals surface area contributed by atoms with E-state index >= 15 is 0 Å². The number of nitrogens with zero attached hydrogens (tertiary/aromatic N) is 2. The van der Waals surface area contributed by atoms with Gasteiger partial charge in [0.05, 0.1) is 34.8 Å². The quantitative estimate of drug-likeness (QED) is 0.403. The molecule has 0 aliphatic carbocycles. The second kappa shape index (κ2) is 10.1. The number of amides is 1. The third-order valence-corrected chi connectivity index (χ3v) is 6.93. The highest BCUT2D eigenvalue weighted by atomic mass is 35.5. The number of fused-ring (bicyclic) bond motifs is 1. The molecule has 1 N–H and O–H groups in total. The highest BCUT2D eigenvalue weighted by Gasteiger charge is 2.24. The molecule has 1 aliphatic heterocycles. The van der Waals surface area contributed by atoms with Crippen molar-refractivity contribution in [3.63, 3.8) is 0 Å². The summed E-state index contributed by atoms with van der Waals surface area (Å²) in [6, 6.07) is 14.8. The number of carbonyl (C=O) groups is 1. The molecule has 1 aromatic heterocycles. The van der Waals surface area contributed by atoms with Crippen LogP contribution in [-0.2, 0) is 16.1 Å². The molecule has 1 amide bonds. The Morgan fingerprint density at radius 3 is 2.78 bits per heavy atom. The zero-order valence-electron chi connectivity index (χ0n) is 18.1. The summed E-state index contributed by atoms with van der Waals surface area (Å²) >= 11 is 7.41. The van der Waals surface area contributed by atoms with Gasteiger partial charge in [-0.25, -0.2) is 4.98 Å². The number of nitrogens with one attached hydrogen (secondary N) is 1. The minimum atomic E-state index is -0.444. The van der Waals surface area contributed by atoms with Crippen molar-refractivity contribution >= 4 is 40.2 Å². The molecule has 32 heavy (non-hydrogen) atoms. The lowest BCUT2D eigenvalue weighted by atomic mass is 10.1. The molecule has 3 aromatic rings. The fourth-order valence-corrected chi connectivity index (χ4v) is 4.88. The first-order valence-corrected chi connectivity index (χ1v) is 12.0. The second-order valence-corrected chi connectivity index (χ2v) is 9.75. The van der Waals surface area contributed by atoms with Crippen molar-refractivity contribution in [2.75, 3.05) is 6.61 Å². The maximum atomic E-state index is 13.3. The first-order chi connectivity index (χ1) is 15.4. The molecule has 8 heteroatoms. The van der Waals surface area contributed by atoms with Crippen LogP contribution in [0, 0.1) is 0 Å². The van der Waals surface area contributed by atoms with Crippen LogP contribution in [0.15, 0.2) is 58.5 Å². The third kappa shape index (κ3) is 5.17. The largest absolute Gasteiger partial charge is 0.376 e. The van der Waals surface area contributed by atoms with E-state index in [4.69, 9.17) is 21.3 Å². The lowest BCUT2D eigenvalue weighted by Gasteiger charge is -2.20. The Bertz CT molecular complexity index is 1160. The van der Waals surface area contributed by atoms with Crippen LogP contribution >= 0.6 is 23.4 Å². The summed E-state index contributed by atoms with van der Waals surface area (Å²) in [5, 5.41) is 4.12. The maximum absolute atomic E-state index is 13.3. The van der Waals surface area contributed by atoms with E-state index in [1.165, 1.54) is 11.8 Å². The molecule has 168 valence electrons. The number of benzene rings is 2. The topological polar surface area (TPSA) is 73.2 Å². The molecule has 0 unspecified atom stereocenters. The first kappa shape index (κ1) is 22.8. The molecule has 0 saturated carbocycles. The molecule has 0 radical (unpaired) electrons. The molecule has 6 nitrogen and oxygen atoms in total. The third-order valence-electron chi connectivity index (χ3n) is 5.60. The molecule has 1 fully saturated rings. The van der Waals surface area contributed by atoms with Gasteiger partial charge in [-0.3, -0.25) is 14.2 Å². The normalized spacial score (nSPS) is 17.9. The van der Waals surface area contributed by atoms with E-state index in [-0.39, 0.29) is 23.6 Å². The molecular formula is C24H26ClN3O3S. The number of carbonyl (C=O) groups excluding carboxylic acids is 1. The molecule has 4 rings (SSSR count). The summed E-state index contributed by atoms with van der Waals surface area (Å²) < 4.78 is 7.40. The van der Waals surface area contributed by atoms with Gasteiger partial charge in [-0.2, -0.15) is 0 Å². The van der Waals surface area contributed by atoms with Crippen LogP contribution in [0.1, 0.15) is 38.3 Å².